The third kappa shape index (κ3) is 4.76. The second-order valence-corrected chi connectivity index (χ2v) is 6.03. The number of thiazole rings is 1. The van der Waals surface area contributed by atoms with Crippen LogP contribution >= 0.6 is 11.3 Å². The first-order valence-corrected chi connectivity index (χ1v) is 7.71. The molecule has 1 fully saturated rings. The fourth-order valence-electron chi connectivity index (χ4n) is 1.91. The highest BCUT2D eigenvalue weighted by molar-refractivity contribution is 7.15. The molecule has 2 rings (SSSR count). The third-order valence-electron chi connectivity index (χ3n) is 3.27. The van der Waals surface area contributed by atoms with Crippen molar-refractivity contribution in [1.82, 2.24) is 15.2 Å². The van der Waals surface area contributed by atoms with Crippen molar-refractivity contribution in [2.24, 2.45) is 0 Å². The lowest BCUT2D eigenvalue weighted by atomic mass is 10.4. The Balaban J connectivity index is 1.70. The van der Waals surface area contributed by atoms with Gasteiger partial charge in [-0.15, -0.1) is 11.3 Å². The number of carbonyl (C=O) groups is 2. The fraction of sp³-hybridized carbons (Fsp3) is 0.615. The van der Waals surface area contributed by atoms with Gasteiger partial charge in [-0.1, -0.05) is 0 Å². The number of amides is 2. The van der Waals surface area contributed by atoms with Crippen LogP contribution in [0.5, 0.6) is 0 Å². The smallest absolute Gasteiger partial charge is 0.315 e. The summed E-state index contributed by atoms with van der Waals surface area (Å²) in [5.74, 6) is -1.31. The predicted molar refractivity (Wildman–Crippen MR) is 80.5 cm³/mol. The summed E-state index contributed by atoms with van der Waals surface area (Å²) in [5, 5.41) is 5.59. The van der Waals surface area contributed by atoms with Gasteiger partial charge < -0.3 is 10.1 Å². The number of hydrogen-bond donors (Lipinski definition) is 2. The second kappa shape index (κ2) is 7.48. The summed E-state index contributed by atoms with van der Waals surface area (Å²) in [6, 6.07) is 0. The number of aromatic nitrogens is 1. The Morgan fingerprint density at radius 3 is 2.62 bits per heavy atom. The maximum atomic E-state index is 11.7. The Labute approximate surface area is 127 Å². The number of nitrogens with zero attached hydrogens (tertiary/aromatic N) is 2. The van der Waals surface area contributed by atoms with Crippen LogP contribution in [0.1, 0.15) is 10.6 Å². The molecule has 8 heteroatoms. The minimum absolute atomic E-state index is 0.447. The standard InChI is InChI=1S/C13H20N4O3S/c1-9-10(2)21-13(15-9)16-12(19)11(18)14-3-4-17-5-7-20-8-6-17/h3-8H2,1-2H3,(H,14,18)(H,15,16,19). The van der Waals surface area contributed by atoms with Crippen molar-refractivity contribution in [3.05, 3.63) is 10.6 Å². The maximum absolute atomic E-state index is 11.7. The molecule has 2 N–H and O–H groups in total. The molecule has 1 aromatic heterocycles. The first-order valence-electron chi connectivity index (χ1n) is 6.89. The molecular weight excluding hydrogens is 292 g/mol. The lowest BCUT2D eigenvalue weighted by Crippen LogP contribution is -2.43. The molecular formula is C13H20N4O3S. The van der Waals surface area contributed by atoms with E-state index in [4.69, 9.17) is 4.74 Å². The van der Waals surface area contributed by atoms with Gasteiger partial charge in [-0.25, -0.2) is 4.98 Å². The van der Waals surface area contributed by atoms with Crippen molar-refractivity contribution in [1.29, 1.82) is 0 Å². The van der Waals surface area contributed by atoms with Crippen LogP contribution in [-0.4, -0.2) is 61.1 Å². The zero-order chi connectivity index (χ0) is 15.2. The van der Waals surface area contributed by atoms with E-state index in [9.17, 15) is 9.59 Å². The lowest BCUT2D eigenvalue weighted by Gasteiger charge is -2.26. The first kappa shape index (κ1) is 15.9. The molecule has 1 aromatic rings. The van der Waals surface area contributed by atoms with E-state index in [-0.39, 0.29) is 0 Å². The van der Waals surface area contributed by atoms with Crippen molar-refractivity contribution < 1.29 is 14.3 Å². The number of nitrogens with one attached hydrogen (secondary N) is 2. The first-order chi connectivity index (χ1) is 10.1. The fourth-order valence-corrected chi connectivity index (χ4v) is 2.72. The van der Waals surface area contributed by atoms with Gasteiger partial charge >= 0.3 is 11.8 Å². The number of morpholine rings is 1. The van der Waals surface area contributed by atoms with Gasteiger partial charge in [0.05, 0.1) is 18.9 Å². The molecule has 0 aliphatic carbocycles. The van der Waals surface area contributed by atoms with Gasteiger partial charge in [0.25, 0.3) is 0 Å². The van der Waals surface area contributed by atoms with Crippen molar-refractivity contribution in [3.63, 3.8) is 0 Å². The molecule has 0 aromatic carbocycles. The molecule has 2 heterocycles. The zero-order valence-corrected chi connectivity index (χ0v) is 13.1. The minimum atomic E-state index is -0.675. The van der Waals surface area contributed by atoms with Gasteiger partial charge in [-0.05, 0) is 13.8 Å². The van der Waals surface area contributed by atoms with E-state index < -0.39 is 11.8 Å². The number of rotatable bonds is 4. The molecule has 2 amide bonds. The monoisotopic (exact) mass is 312 g/mol. The quantitative estimate of drug-likeness (QED) is 0.773. The van der Waals surface area contributed by atoms with Crippen molar-refractivity contribution in [3.8, 4) is 0 Å². The molecule has 0 saturated carbocycles. The molecule has 0 spiro atoms. The highest BCUT2D eigenvalue weighted by atomic mass is 32.1. The van der Waals surface area contributed by atoms with Crippen LogP contribution in [0.25, 0.3) is 0 Å². The normalized spacial score (nSPS) is 15.7. The van der Waals surface area contributed by atoms with Crippen LogP contribution in [0.2, 0.25) is 0 Å². The molecule has 0 bridgehead atoms. The number of aryl methyl sites for hydroxylation is 2. The van der Waals surface area contributed by atoms with Crippen molar-refractivity contribution in [2.75, 3.05) is 44.7 Å². The van der Waals surface area contributed by atoms with Crippen LogP contribution in [-0.2, 0) is 14.3 Å². The Bertz CT molecular complexity index is 492. The Morgan fingerprint density at radius 2 is 2.00 bits per heavy atom. The summed E-state index contributed by atoms with van der Waals surface area (Å²) in [7, 11) is 0. The van der Waals surface area contributed by atoms with Crippen molar-refractivity contribution >= 4 is 28.3 Å². The van der Waals surface area contributed by atoms with Gasteiger partial charge in [-0.3, -0.25) is 19.8 Å². The molecule has 1 saturated heterocycles. The number of ether oxygens (including phenoxy) is 1. The van der Waals surface area contributed by atoms with Gasteiger partial charge in [-0.2, -0.15) is 0 Å². The van der Waals surface area contributed by atoms with Crippen LogP contribution < -0.4 is 10.6 Å². The number of carbonyl (C=O) groups excluding carboxylic acids is 2. The summed E-state index contributed by atoms with van der Waals surface area (Å²) in [4.78, 5) is 30.8. The summed E-state index contributed by atoms with van der Waals surface area (Å²) in [5.41, 5.74) is 0.864. The minimum Gasteiger partial charge on any atom is -0.379 e. The van der Waals surface area contributed by atoms with E-state index >= 15 is 0 Å². The van der Waals surface area contributed by atoms with Gasteiger partial charge in [0, 0.05) is 31.1 Å². The van der Waals surface area contributed by atoms with E-state index in [1.54, 1.807) is 0 Å². The molecule has 1 aliphatic heterocycles. The van der Waals surface area contributed by atoms with E-state index in [1.807, 2.05) is 13.8 Å². The molecule has 0 radical (unpaired) electrons. The van der Waals surface area contributed by atoms with Crippen LogP contribution in [0.15, 0.2) is 0 Å². The van der Waals surface area contributed by atoms with Crippen molar-refractivity contribution in [2.45, 2.75) is 13.8 Å². The summed E-state index contributed by atoms with van der Waals surface area (Å²) >= 11 is 1.36. The summed E-state index contributed by atoms with van der Waals surface area (Å²) < 4.78 is 5.24. The Morgan fingerprint density at radius 1 is 1.29 bits per heavy atom. The van der Waals surface area contributed by atoms with Gasteiger partial charge in [0.2, 0.25) is 0 Å². The predicted octanol–water partition coefficient (Wildman–Crippen LogP) is 0.147. The number of hydrogen-bond acceptors (Lipinski definition) is 6. The topological polar surface area (TPSA) is 83.6 Å². The molecule has 21 heavy (non-hydrogen) atoms. The van der Waals surface area contributed by atoms with E-state index in [0.717, 1.165) is 43.4 Å². The zero-order valence-electron chi connectivity index (χ0n) is 12.3. The summed E-state index contributed by atoms with van der Waals surface area (Å²) in [6.45, 7) is 8.11. The number of anilines is 1. The van der Waals surface area contributed by atoms with E-state index in [2.05, 4.69) is 20.5 Å². The van der Waals surface area contributed by atoms with Gasteiger partial charge in [0.1, 0.15) is 0 Å². The highest BCUT2D eigenvalue weighted by Crippen LogP contribution is 2.20. The average Bonchev–Trinajstić information content (AvgIpc) is 2.78. The maximum Gasteiger partial charge on any atom is 0.315 e. The van der Waals surface area contributed by atoms with Crippen LogP contribution in [0, 0.1) is 13.8 Å². The Hall–Kier alpha value is -1.51. The molecule has 0 unspecified atom stereocenters. The molecule has 116 valence electrons. The Kier molecular flexibility index (Phi) is 5.66. The molecule has 7 nitrogen and oxygen atoms in total. The van der Waals surface area contributed by atoms with Crippen LogP contribution in [0.4, 0.5) is 5.13 Å². The SMILES string of the molecule is Cc1nc(NC(=O)C(=O)NCCN2CCOCC2)sc1C. The third-order valence-corrected chi connectivity index (χ3v) is 4.26. The largest absolute Gasteiger partial charge is 0.379 e. The van der Waals surface area contributed by atoms with Crippen LogP contribution in [0.3, 0.4) is 0 Å². The van der Waals surface area contributed by atoms with E-state index in [1.165, 1.54) is 11.3 Å². The summed E-state index contributed by atoms with van der Waals surface area (Å²) in [6.07, 6.45) is 0. The lowest BCUT2D eigenvalue weighted by molar-refractivity contribution is -0.136. The average molecular weight is 312 g/mol. The molecule has 0 atom stereocenters. The molecule has 1 aliphatic rings. The van der Waals surface area contributed by atoms with Gasteiger partial charge in [0.15, 0.2) is 5.13 Å². The van der Waals surface area contributed by atoms with E-state index in [0.29, 0.717) is 11.7 Å². The highest BCUT2D eigenvalue weighted by Gasteiger charge is 2.16. The second-order valence-electron chi connectivity index (χ2n) is 4.82.